The van der Waals surface area contributed by atoms with Gasteiger partial charge in [0, 0.05) is 37.3 Å². The van der Waals surface area contributed by atoms with E-state index < -0.39 is 5.60 Å². The van der Waals surface area contributed by atoms with Crippen molar-refractivity contribution in [2.24, 2.45) is 0 Å². The fourth-order valence-corrected chi connectivity index (χ4v) is 3.71. The van der Waals surface area contributed by atoms with Crippen LogP contribution >= 0.6 is 0 Å². The first-order chi connectivity index (χ1) is 13.1. The molecule has 1 aromatic heterocycles. The minimum atomic E-state index is -1.05. The van der Waals surface area contributed by atoms with E-state index in [-0.39, 0.29) is 5.91 Å². The standard InChI is InChI=1S/C23H22N2O2/c26-22-11-8-19-13-20(9-10-21(19)25-22)23(27,14-17-5-2-1-3-6-17)15-18-7-4-12-24-16-18/h1-7,9-10,12-13,16,27H,8,11,14-15H2,(H,25,26). The van der Waals surface area contributed by atoms with Crippen LogP contribution in [0.4, 0.5) is 5.69 Å². The highest BCUT2D eigenvalue weighted by Gasteiger charge is 2.31. The van der Waals surface area contributed by atoms with Crippen molar-refractivity contribution in [2.75, 3.05) is 5.32 Å². The summed E-state index contributed by atoms with van der Waals surface area (Å²) in [5.74, 6) is 0.0464. The maximum atomic E-state index is 11.7. The van der Waals surface area contributed by atoms with Crippen LogP contribution in [-0.4, -0.2) is 16.0 Å². The predicted octanol–water partition coefficient (Wildman–Crippen LogP) is 3.64. The van der Waals surface area contributed by atoms with Crippen molar-refractivity contribution < 1.29 is 9.90 Å². The van der Waals surface area contributed by atoms with E-state index in [4.69, 9.17) is 0 Å². The van der Waals surface area contributed by atoms with Gasteiger partial charge in [-0.2, -0.15) is 0 Å². The lowest BCUT2D eigenvalue weighted by molar-refractivity contribution is -0.116. The Kier molecular flexibility index (Phi) is 4.73. The Morgan fingerprint density at radius 2 is 1.74 bits per heavy atom. The maximum absolute atomic E-state index is 11.7. The first-order valence-electron chi connectivity index (χ1n) is 9.21. The molecule has 1 unspecified atom stereocenters. The van der Waals surface area contributed by atoms with E-state index in [1.165, 1.54) is 0 Å². The van der Waals surface area contributed by atoms with E-state index in [1.54, 1.807) is 12.4 Å². The van der Waals surface area contributed by atoms with Gasteiger partial charge >= 0.3 is 0 Å². The Labute approximate surface area is 158 Å². The molecule has 4 heteroatoms. The number of nitrogens with zero attached hydrogens (tertiary/aromatic N) is 1. The number of benzene rings is 2. The van der Waals surface area contributed by atoms with Crippen LogP contribution < -0.4 is 5.32 Å². The van der Waals surface area contributed by atoms with E-state index in [0.717, 1.165) is 27.9 Å². The van der Waals surface area contributed by atoms with E-state index in [1.807, 2.05) is 60.7 Å². The summed E-state index contributed by atoms with van der Waals surface area (Å²) in [4.78, 5) is 15.8. The number of rotatable bonds is 5. The number of carbonyl (C=O) groups excluding carboxylic acids is 1. The molecule has 0 radical (unpaired) electrons. The van der Waals surface area contributed by atoms with E-state index in [2.05, 4.69) is 10.3 Å². The smallest absolute Gasteiger partial charge is 0.224 e. The largest absolute Gasteiger partial charge is 0.384 e. The predicted molar refractivity (Wildman–Crippen MR) is 105 cm³/mol. The summed E-state index contributed by atoms with van der Waals surface area (Å²) in [6.07, 6.45) is 5.70. The summed E-state index contributed by atoms with van der Waals surface area (Å²) in [6, 6.07) is 19.8. The molecule has 1 aliphatic heterocycles. The number of hydrogen-bond donors (Lipinski definition) is 2. The van der Waals surface area contributed by atoms with Crippen LogP contribution in [0.25, 0.3) is 0 Å². The van der Waals surface area contributed by atoms with Gasteiger partial charge in [-0.25, -0.2) is 0 Å². The number of aryl methyl sites for hydroxylation is 1. The molecule has 136 valence electrons. The highest BCUT2D eigenvalue weighted by atomic mass is 16.3. The molecule has 1 atom stereocenters. The van der Waals surface area contributed by atoms with Crippen LogP contribution in [0.5, 0.6) is 0 Å². The molecule has 4 nitrogen and oxygen atoms in total. The minimum absolute atomic E-state index is 0.0464. The average molecular weight is 358 g/mol. The molecule has 2 N–H and O–H groups in total. The number of fused-ring (bicyclic) bond motifs is 1. The molecule has 0 spiro atoms. The molecule has 3 aromatic rings. The zero-order chi connectivity index (χ0) is 18.7. The Balaban J connectivity index is 1.72. The van der Waals surface area contributed by atoms with Gasteiger partial charge in [-0.15, -0.1) is 0 Å². The van der Waals surface area contributed by atoms with E-state index in [0.29, 0.717) is 25.7 Å². The molecule has 0 fully saturated rings. The van der Waals surface area contributed by atoms with Gasteiger partial charge in [-0.3, -0.25) is 9.78 Å². The second kappa shape index (κ2) is 7.33. The van der Waals surface area contributed by atoms with Gasteiger partial charge in [0.2, 0.25) is 5.91 Å². The van der Waals surface area contributed by atoms with Gasteiger partial charge in [0.15, 0.2) is 0 Å². The van der Waals surface area contributed by atoms with E-state index >= 15 is 0 Å². The van der Waals surface area contributed by atoms with Gasteiger partial charge in [0.25, 0.3) is 0 Å². The van der Waals surface area contributed by atoms with Crippen molar-refractivity contribution in [3.8, 4) is 0 Å². The van der Waals surface area contributed by atoms with Crippen LogP contribution in [0.1, 0.15) is 28.7 Å². The van der Waals surface area contributed by atoms with Crippen LogP contribution in [0, 0.1) is 0 Å². The number of amides is 1. The van der Waals surface area contributed by atoms with Gasteiger partial charge in [0.1, 0.15) is 0 Å². The quantitative estimate of drug-likeness (QED) is 0.732. The number of nitrogens with one attached hydrogen (secondary N) is 1. The van der Waals surface area contributed by atoms with Crippen molar-refractivity contribution in [1.82, 2.24) is 4.98 Å². The number of aromatic nitrogens is 1. The molecule has 1 aliphatic rings. The molecule has 1 amide bonds. The molecule has 2 aromatic carbocycles. The molecular weight excluding hydrogens is 336 g/mol. The minimum Gasteiger partial charge on any atom is -0.384 e. The molecule has 2 heterocycles. The number of carbonyl (C=O) groups is 1. The van der Waals surface area contributed by atoms with E-state index in [9.17, 15) is 9.90 Å². The molecule has 0 saturated heterocycles. The highest BCUT2D eigenvalue weighted by molar-refractivity contribution is 5.93. The third-order valence-corrected chi connectivity index (χ3v) is 5.10. The van der Waals surface area contributed by atoms with Gasteiger partial charge in [0.05, 0.1) is 5.60 Å². The van der Waals surface area contributed by atoms with Crippen LogP contribution in [-0.2, 0) is 29.7 Å². The second-order valence-electron chi connectivity index (χ2n) is 7.15. The molecule has 0 aliphatic carbocycles. The summed E-state index contributed by atoms with van der Waals surface area (Å²) in [6.45, 7) is 0. The third kappa shape index (κ3) is 3.91. The Morgan fingerprint density at radius 3 is 2.52 bits per heavy atom. The van der Waals surface area contributed by atoms with Gasteiger partial charge in [-0.1, -0.05) is 48.5 Å². The van der Waals surface area contributed by atoms with Crippen LogP contribution in [0.2, 0.25) is 0 Å². The van der Waals surface area contributed by atoms with Crippen molar-refractivity contribution in [1.29, 1.82) is 0 Å². The van der Waals surface area contributed by atoms with Crippen molar-refractivity contribution in [3.63, 3.8) is 0 Å². The molecular formula is C23H22N2O2. The van der Waals surface area contributed by atoms with Crippen molar-refractivity contribution in [3.05, 3.63) is 95.3 Å². The summed E-state index contributed by atoms with van der Waals surface area (Å²) >= 11 is 0. The summed E-state index contributed by atoms with van der Waals surface area (Å²) in [5.41, 5.74) is 3.80. The Hall–Kier alpha value is -2.98. The first kappa shape index (κ1) is 17.4. The topological polar surface area (TPSA) is 62.2 Å². The molecule has 0 saturated carbocycles. The maximum Gasteiger partial charge on any atom is 0.224 e. The Bertz CT molecular complexity index is 898. The van der Waals surface area contributed by atoms with Crippen LogP contribution in [0.3, 0.4) is 0 Å². The van der Waals surface area contributed by atoms with Crippen LogP contribution in [0.15, 0.2) is 73.1 Å². The van der Waals surface area contributed by atoms with Crippen molar-refractivity contribution >= 4 is 11.6 Å². The van der Waals surface area contributed by atoms with Gasteiger partial charge < -0.3 is 10.4 Å². The highest BCUT2D eigenvalue weighted by Crippen LogP contribution is 2.33. The molecule has 0 bridgehead atoms. The zero-order valence-electron chi connectivity index (χ0n) is 15.1. The summed E-state index contributed by atoms with van der Waals surface area (Å²) < 4.78 is 0. The lowest BCUT2D eigenvalue weighted by atomic mass is 9.81. The Morgan fingerprint density at radius 1 is 0.963 bits per heavy atom. The first-order valence-corrected chi connectivity index (χ1v) is 9.21. The lowest BCUT2D eigenvalue weighted by Crippen LogP contribution is -2.32. The fraction of sp³-hybridized carbons (Fsp3) is 0.217. The fourth-order valence-electron chi connectivity index (χ4n) is 3.71. The summed E-state index contributed by atoms with van der Waals surface area (Å²) in [7, 11) is 0. The normalized spacial score (nSPS) is 15.5. The molecule has 4 rings (SSSR count). The van der Waals surface area contributed by atoms with Crippen molar-refractivity contribution in [2.45, 2.75) is 31.3 Å². The number of pyridine rings is 1. The monoisotopic (exact) mass is 358 g/mol. The average Bonchev–Trinajstić information content (AvgIpc) is 2.69. The second-order valence-corrected chi connectivity index (χ2v) is 7.15. The summed E-state index contributed by atoms with van der Waals surface area (Å²) in [5, 5.41) is 14.6. The third-order valence-electron chi connectivity index (χ3n) is 5.10. The zero-order valence-corrected chi connectivity index (χ0v) is 15.1. The molecule has 27 heavy (non-hydrogen) atoms. The van der Waals surface area contributed by atoms with Gasteiger partial charge in [-0.05, 0) is 40.8 Å². The SMILES string of the molecule is O=C1CCc2cc(C(O)(Cc3ccccc3)Cc3cccnc3)ccc2N1. The number of anilines is 1. The lowest BCUT2D eigenvalue weighted by Gasteiger charge is -2.31. The number of hydrogen-bond acceptors (Lipinski definition) is 3. The number of aliphatic hydroxyl groups is 1.